The maximum Gasteiger partial charge on any atom is 0.244 e. The molecule has 2 amide bonds. The monoisotopic (exact) mass is 257 g/mol. The summed E-state index contributed by atoms with van der Waals surface area (Å²) in [5.41, 5.74) is 0. The number of ether oxygens (including phenoxy) is 1. The molecule has 1 rings (SSSR count). The molecule has 1 fully saturated rings. The van der Waals surface area contributed by atoms with Gasteiger partial charge in [0.05, 0.1) is 6.61 Å². The van der Waals surface area contributed by atoms with Crippen molar-refractivity contribution in [2.24, 2.45) is 0 Å². The highest BCUT2D eigenvalue weighted by Crippen LogP contribution is 2.10. The lowest BCUT2D eigenvalue weighted by Crippen LogP contribution is -2.60. The molecule has 0 radical (unpaired) electrons. The lowest BCUT2D eigenvalue weighted by atomic mass is 10.1. The lowest BCUT2D eigenvalue weighted by molar-refractivity contribution is -0.142. The number of hydrogen-bond donors (Lipinski definition) is 1. The van der Waals surface area contributed by atoms with Crippen LogP contribution in [0.2, 0.25) is 0 Å². The normalized spacial score (nSPS) is 20.8. The summed E-state index contributed by atoms with van der Waals surface area (Å²) in [6, 6.07) is -0.381. The zero-order valence-corrected chi connectivity index (χ0v) is 11.4. The number of nitrogens with one attached hydrogen (secondary N) is 1. The summed E-state index contributed by atoms with van der Waals surface area (Å²) in [6.07, 6.45) is 0. The fourth-order valence-corrected chi connectivity index (χ4v) is 2.12. The number of carbonyl (C=O) groups excluding carboxylic acids is 2. The summed E-state index contributed by atoms with van der Waals surface area (Å²) < 4.78 is 4.89. The molecule has 0 aromatic carbocycles. The topological polar surface area (TPSA) is 61.9 Å². The van der Waals surface area contributed by atoms with Crippen molar-refractivity contribution >= 4 is 11.8 Å². The van der Waals surface area contributed by atoms with Gasteiger partial charge in [0.2, 0.25) is 11.8 Å². The molecule has 1 atom stereocenters. The van der Waals surface area contributed by atoms with Crippen LogP contribution in [0.25, 0.3) is 0 Å². The molecule has 0 aromatic rings. The van der Waals surface area contributed by atoms with Crippen LogP contribution in [0.4, 0.5) is 0 Å². The third-order valence-electron chi connectivity index (χ3n) is 3.22. The fourth-order valence-electron chi connectivity index (χ4n) is 2.12. The van der Waals surface area contributed by atoms with E-state index >= 15 is 0 Å². The van der Waals surface area contributed by atoms with Gasteiger partial charge in [-0.05, 0) is 6.54 Å². The van der Waals surface area contributed by atoms with E-state index in [1.807, 2.05) is 0 Å². The van der Waals surface area contributed by atoms with Crippen LogP contribution in [0.5, 0.6) is 0 Å². The van der Waals surface area contributed by atoms with Crippen LogP contribution in [-0.4, -0.2) is 74.1 Å². The van der Waals surface area contributed by atoms with E-state index in [0.717, 1.165) is 13.1 Å². The van der Waals surface area contributed by atoms with E-state index < -0.39 is 0 Å². The van der Waals surface area contributed by atoms with Crippen molar-refractivity contribution in [3.8, 4) is 0 Å². The third-order valence-corrected chi connectivity index (χ3v) is 3.22. The average molecular weight is 257 g/mol. The SMILES string of the molecule is CCN1CCN(C(C)=O)C(C(=O)NCCOC)C1. The molecule has 6 heteroatoms. The Hall–Kier alpha value is -1.14. The fraction of sp³-hybridized carbons (Fsp3) is 0.833. The molecular weight excluding hydrogens is 234 g/mol. The van der Waals surface area contributed by atoms with Gasteiger partial charge in [-0.1, -0.05) is 6.92 Å². The minimum absolute atomic E-state index is 0.0438. The van der Waals surface area contributed by atoms with Crippen LogP contribution >= 0.6 is 0 Å². The predicted molar refractivity (Wildman–Crippen MR) is 68.2 cm³/mol. The molecule has 6 nitrogen and oxygen atoms in total. The standard InChI is InChI=1S/C12H23N3O3/c1-4-14-6-7-15(10(2)16)11(9-14)12(17)13-5-8-18-3/h11H,4-9H2,1-3H3,(H,13,17). The first-order valence-corrected chi connectivity index (χ1v) is 6.36. The number of piperazine rings is 1. The van der Waals surface area contributed by atoms with Gasteiger partial charge in [0.1, 0.15) is 6.04 Å². The zero-order chi connectivity index (χ0) is 13.5. The Labute approximate surface area is 108 Å². The molecule has 104 valence electrons. The van der Waals surface area contributed by atoms with Gasteiger partial charge < -0.3 is 15.0 Å². The molecule has 0 aliphatic carbocycles. The summed E-state index contributed by atoms with van der Waals surface area (Å²) >= 11 is 0. The van der Waals surface area contributed by atoms with Gasteiger partial charge in [0, 0.05) is 40.2 Å². The number of methoxy groups -OCH3 is 1. The summed E-state index contributed by atoms with van der Waals surface area (Å²) in [6.45, 7) is 7.48. The predicted octanol–water partition coefficient (Wildman–Crippen LogP) is -0.698. The van der Waals surface area contributed by atoms with Gasteiger partial charge in [-0.3, -0.25) is 14.5 Å². The minimum atomic E-state index is -0.381. The smallest absolute Gasteiger partial charge is 0.244 e. The molecule has 0 saturated carbocycles. The second-order valence-corrected chi connectivity index (χ2v) is 4.41. The summed E-state index contributed by atoms with van der Waals surface area (Å²) in [7, 11) is 1.59. The van der Waals surface area contributed by atoms with Crippen molar-refractivity contribution < 1.29 is 14.3 Å². The first kappa shape index (κ1) is 14.9. The number of rotatable bonds is 5. The van der Waals surface area contributed by atoms with Crippen LogP contribution in [0, 0.1) is 0 Å². The van der Waals surface area contributed by atoms with Gasteiger partial charge in [-0.15, -0.1) is 0 Å². The molecular formula is C12H23N3O3. The Balaban J connectivity index is 2.59. The number of likely N-dealkylation sites (N-methyl/N-ethyl adjacent to an activating group) is 1. The highest BCUT2D eigenvalue weighted by Gasteiger charge is 2.32. The van der Waals surface area contributed by atoms with E-state index in [-0.39, 0.29) is 17.9 Å². The number of hydrogen-bond acceptors (Lipinski definition) is 4. The summed E-state index contributed by atoms with van der Waals surface area (Å²) in [4.78, 5) is 27.4. The maximum atomic E-state index is 12.1. The van der Waals surface area contributed by atoms with Gasteiger partial charge in [-0.25, -0.2) is 0 Å². The minimum Gasteiger partial charge on any atom is -0.383 e. The third kappa shape index (κ3) is 3.96. The summed E-state index contributed by atoms with van der Waals surface area (Å²) in [5, 5.41) is 2.80. The van der Waals surface area contributed by atoms with Gasteiger partial charge in [0.25, 0.3) is 0 Å². The maximum absolute atomic E-state index is 12.1. The first-order chi connectivity index (χ1) is 8.60. The van der Waals surface area contributed by atoms with Crippen LogP contribution in [0.3, 0.4) is 0 Å². The van der Waals surface area contributed by atoms with Crippen molar-refractivity contribution in [2.75, 3.05) is 46.4 Å². The van der Waals surface area contributed by atoms with Crippen molar-refractivity contribution in [1.29, 1.82) is 0 Å². The first-order valence-electron chi connectivity index (χ1n) is 6.36. The molecule has 1 aliphatic rings. The molecule has 1 saturated heterocycles. The van der Waals surface area contributed by atoms with Crippen LogP contribution in [0.1, 0.15) is 13.8 Å². The van der Waals surface area contributed by atoms with E-state index in [4.69, 9.17) is 4.74 Å². The van der Waals surface area contributed by atoms with E-state index in [1.54, 1.807) is 12.0 Å². The quantitative estimate of drug-likeness (QED) is 0.662. The van der Waals surface area contributed by atoms with Crippen LogP contribution in [0.15, 0.2) is 0 Å². The molecule has 0 aromatic heterocycles. The van der Waals surface area contributed by atoms with E-state index in [1.165, 1.54) is 6.92 Å². The molecule has 1 unspecified atom stereocenters. The number of nitrogens with zero attached hydrogens (tertiary/aromatic N) is 2. The second-order valence-electron chi connectivity index (χ2n) is 4.41. The largest absolute Gasteiger partial charge is 0.383 e. The van der Waals surface area contributed by atoms with E-state index in [9.17, 15) is 9.59 Å². The molecule has 0 bridgehead atoms. The molecule has 18 heavy (non-hydrogen) atoms. The number of carbonyl (C=O) groups is 2. The lowest BCUT2D eigenvalue weighted by Gasteiger charge is -2.39. The van der Waals surface area contributed by atoms with E-state index in [0.29, 0.717) is 26.2 Å². The van der Waals surface area contributed by atoms with Crippen molar-refractivity contribution in [1.82, 2.24) is 15.1 Å². The van der Waals surface area contributed by atoms with Gasteiger partial charge in [0.15, 0.2) is 0 Å². The second kappa shape index (κ2) is 7.33. The van der Waals surface area contributed by atoms with E-state index in [2.05, 4.69) is 17.1 Å². The highest BCUT2D eigenvalue weighted by molar-refractivity contribution is 5.87. The Morgan fingerprint density at radius 1 is 1.39 bits per heavy atom. The highest BCUT2D eigenvalue weighted by atomic mass is 16.5. The van der Waals surface area contributed by atoms with Gasteiger partial charge in [-0.2, -0.15) is 0 Å². The Morgan fingerprint density at radius 3 is 2.67 bits per heavy atom. The molecule has 1 aliphatic heterocycles. The summed E-state index contributed by atoms with van der Waals surface area (Å²) in [5.74, 6) is -0.141. The zero-order valence-electron chi connectivity index (χ0n) is 11.4. The van der Waals surface area contributed by atoms with Crippen LogP contribution < -0.4 is 5.32 Å². The molecule has 1 heterocycles. The van der Waals surface area contributed by atoms with Crippen molar-refractivity contribution in [3.63, 3.8) is 0 Å². The van der Waals surface area contributed by atoms with Crippen LogP contribution in [-0.2, 0) is 14.3 Å². The van der Waals surface area contributed by atoms with Crippen molar-refractivity contribution in [2.45, 2.75) is 19.9 Å². The average Bonchev–Trinajstić information content (AvgIpc) is 2.38. The molecule has 0 spiro atoms. The Kier molecular flexibility index (Phi) is 6.07. The Bertz CT molecular complexity index is 296. The van der Waals surface area contributed by atoms with Gasteiger partial charge >= 0.3 is 0 Å². The Morgan fingerprint density at radius 2 is 2.11 bits per heavy atom. The molecule has 1 N–H and O–H groups in total. The number of amides is 2. The van der Waals surface area contributed by atoms with Crippen molar-refractivity contribution in [3.05, 3.63) is 0 Å².